The van der Waals surface area contributed by atoms with Crippen LogP contribution in [0.4, 0.5) is 0 Å². The van der Waals surface area contributed by atoms with E-state index in [2.05, 4.69) is 198 Å². The first-order valence-corrected chi connectivity index (χ1v) is 25.9. The minimum absolute atomic E-state index is 0.0114. The van der Waals surface area contributed by atoms with Crippen molar-refractivity contribution in [3.63, 3.8) is 0 Å². The van der Waals surface area contributed by atoms with Gasteiger partial charge in [-0.25, -0.2) is 0 Å². The molecule has 3 rings (SSSR count). The van der Waals surface area contributed by atoms with E-state index in [9.17, 15) is 0 Å². The molecule has 3 aromatic carbocycles. The fourth-order valence-electron chi connectivity index (χ4n) is 8.40. The number of hydrogen-bond acceptors (Lipinski definition) is 3. The Kier molecular flexibility index (Phi) is 18.1. The summed E-state index contributed by atoms with van der Waals surface area (Å²) in [5, 5.41) is 4.46. The van der Waals surface area contributed by atoms with Crippen LogP contribution in [0.25, 0.3) is 0 Å². The number of methoxy groups -OCH3 is 1. The number of allylic oxidation sites excluding steroid dienone is 3. The standard InChI is InChI=1S/C49H77O3PSi/c1-15-16-26-38(3)42(7)43(8)48(52-54(13,14)49(9,10)11)40(5)34-37(2)33-39(4)47(51-36-50-12)41(6)35-53(44-27-20-17-21-28-44,45-29-22-18-23-30-45)46-31-24-19-25-32-46/h16-33,38-43,47-48,53H,15,34-36H2,1-14H3/b26-16-,37-33-/t38?,39-,40-,41?,42-,43+,47+,48+/m0/s1. The van der Waals surface area contributed by atoms with E-state index < -0.39 is 15.6 Å². The van der Waals surface area contributed by atoms with Gasteiger partial charge >= 0.3 is 282 Å². The average molecular weight is 773 g/mol. The normalized spacial score (nSPS) is 18.1. The molecule has 0 saturated heterocycles. The fourth-order valence-corrected chi connectivity index (χ4v) is 15.1. The van der Waals surface area contributed by atoms with Crippen LogP contribution in [0.2, 0.25) is 18.1 Å². The Morgan fingerprint density at radius 3 is 1.61 bits per heavy atom. The summed E-state index contributed by atoms with van der Waals surface area (Å²) < 4.78 is 19.6. The monoisotopic (exact) mass is 773 g/mol. The molecule has 3 aromatic rings. The van der Waals surface area contributed by atoms with Gasteiger partial charge in [0.25, 0.3) is 0 Å². The second kappa shape index (κ2) is 21.3. The first-order valence-electron chi connectivity index (χ1n) is 20.8. The van der Waals surface area contributed by atoms with Crippen molar-refractivity contribution >= 4 is 31.5 Å². The predicted molar refractivity (Wildman–Crippen MR) is 243 cm³/mol. The SMILES string of the molecule is CC/C=C\C(C)[C@H](C)[C@@H](C)[C@H](O[Si](C)(C)C(C)(C)C)[C@@H](C)C/C(C)=C\[C@H](C)[C@@H](OCOC)C(C)C[PH](c1ccccc1)(c1ccccc1)c1ccccc1. The molecule has 0 heterocycles. The molecule has 3 nitrogen and oxygen atoms in total. The Balaban J connectivity index is 1.99. The van der Waals surface area contributed by atoms with Gasteiger partial charge in [0.2, 0.25) is 0 Å². The van der Waals surface area contributed by atoms with Crippen molar-refractivity contribution in [3.05, 3.63) is 115 Å². The summed E-state index contributed by atoms with van der Waals surface area (Å²) in [6, 6.07) is 33.7. The summed E-state index contributed by atoms with van der Waals surface area (Å²) in [6.45, 7) is 31.2. The zero-order valence-electron chi connectivity index (χ0n) is 36.6. The third kappa shape index (κ3) is 12.1. The molecule has 54 heavy (non-hydrogen) atoms. The number of hydrogen-bond donors (Lipinski definition) is 0. The molecule has 0 N–H and O–H groups in total. The molecule has 0 fully saturated rings. The summed E-state index contributed by atoms with van der Waals surface area (Å²) >= 11 is 0. The molecular formula is C49H77O3PSi. The zero-order valence-corrected chi connectivity index (χ0v) is 38.6. The number of rotatable bonds is 21. The zero-order chi connectivity index (χ0) is 40.1. The summed E-state index contributed by atoms with van der Waals surface area (Å²) in [6.07, 6.45) is 10.5. The van der Waals surface area contributed by atoms with Gasteiger partial charge in [-0.1, -0.05) is 46.8 Å². The summed E-state index contributed by atoms with van der Waals surface area (Å²) in [7, 11) is -2.73. The van der Waals surface area contributed by atoms with Gasteiger partial charge in [0.1, 0.15) is 0 Å². The van der Waals surface area contributed by atoms with E-state index in [1.54, 1.807) is 7.11 Å². The van der Waals surface area contributed by atoms with Gasteiger partial charge in [0.15, 0.2) is 0 Å². The molecule has 0 amide bonds. The second-order valence-corrected chi connectivity index (χ2v) is 26.7. The van der Waals surface area contributed by atoms with Crippen LogP contribution in [0, 0.1) is 35.5 Å². The molecule has 0 aliphatic heterocycles. The summed E-state index contributed by atoms with van der Waals surface area (Å²) in [5.74, 6) is 2.30. The van der Waals surface area contributed by atoms with Gasteiger partial charge in [-0.05, 0) is 6.42 Å². The Morgan fingerprint density at radius 1 is 0.704 bits per heavy atom. The molecule has 0 aliphatic carbocycles. The number of ether oxygens (including phenoxy) is 2. The molecule has 2 unspecified atom stereocenters. The van der Waals surface area contributed by atoms with E-state index >= 15 is 0 Å². The molecule has 0 aromatic heterocycles. The van der Waals surface area contributed by atoms with Gasteiger partial charge in [-0.2, -0.15) is 0 Å². The van der Waals surface area contributed by atoms with Crippen LogP contribution in [-0.2, 0) is 13.9 Å². The van der Waals surface area contributed by atoms with Gasteiger partial charge in [0, 0.05) is 0 Å². The maximum atomic E-state index is 7.38. The molecular weight excluding hydrogens is 696 g/mol. The molecule has 0 aliphatic rings. The fraction of sp³-hybridized carbons (Fsp3) is 0.551. The van der Waals surface area contributed by atoms with Crippen LogP contribution in [0.5, 0.6) is 0 Å². The van der Waals surface area contributed by atoms with E-state index in [0.717, 1.165) is 19.0 Å². The average Bonchev–Trinajstić information content (AvgIpc) is 3.15. The number of benzene rings is 3. The molecule has 8 atom stereocenters. The van der Waals surface area contributed by atoms with E-state index in [1.165, 1.54) is 21.5 Å². The van der Waals surface area contributed by atoms with Gasteiger partial charge in [-0.15, -0.1) is 0 Å². The first kappa shape index (κ1) is 46.1. The molecule has 5 heteroatoms. The van der Waals surface area contributed by atoms with E-state index in [0.29, 0.717) is 23.7 Å². The van der Waals surface area contributed by atoms with Gasteiger partial charge < -0.3 is 0 Å². The Hall–Kier alpha value is -2.33. The Morgan fingerprint density at radius 2 is 1.19 bits per heavy atom. The van der Waals surface area contributed by atoms with Gasteiger partial charge in [-0.3, -0.25) is 0 Å². The molecule has 300 valence electrons. The predicted octanol–water partition coefficient (Wildman–Crippen LogP) is 12.2. The van der Waals surface area contributed by atoms with Crippen molar-refractivity contribution in [1.29, 1.82) is 0 Å². The summed E-state index contributed by atoms with van der Waals surface area (Å²) in [4.78, 5) is 0. The van der Waals surface area contributed by atoms with Crippen LogP contribution in [0.15, 0.2) is 115 Å². The first-order chi connectivity index (χ1) is 25.5. The van der Waals surface area contributed by atoms with E-state index in [1.807, 2.05) is 0 Å². The maximum absolute atomic E-state index is 7.38. The van der Waals surface area contributed by atoms with Crippen LogP contribution in [-0.4, -0.2) is 40.6 Å². The van der Waals surface area contributed by atoms with Crippen molar-refractivity contribution in [2.24, 2.45) is 35.5 Å². The molecule has 0 saturated carbocycles. The van der Waals surface area contributed by atoms with Crippen LogP contribution in [0.3, 0.4) is 0 Å². The molecule has 0 spiro atoms. The third-order valence-corrected chi connectivity index (χ3v) is 22.4. The van der Waals surface area contributed by atoms with E-state index in [4.69, 9.17) is 13.9 Å². The Bertz CT molecular complexity index is 1450. The quantitative estimate of drug-likeness (QED) is 0.0467. The van der Waals surface area contributed by atoms with Crippen LogP contribution in [0.1, 0.15) is 89.0 Å². The van der Waals surface area contributed by atoms with Crippen molar-refractivity contribution in [2.45, 2.75) is 119 Å². The van der Waals surface area contributed by atoms with Crippen molar-refractivity contribution in [2.75, 3.05) is 20.1 Å². The van der Waals surface area contributed by atoms with Crippen molar-refractivity contribution in [3.8, 4) is 0 Å². The topological polar surface area (TPSA) is 27.7 Å². The van der Waals surface area contributed by atoms with E-state index in [-0.39, 0.29) is 35.9 Å². The minimum atomic E-state index is -2.45. The van der Waals surface area contributed by atoms with Crippen LogP contribution >= 0.6 is 7.26 Å². The van der Waals surface area contributed by atoms with Crippen LogP contribution < -0.4 is 15.9 Å². The van der Waals surface area contributed by atoms with Gasteiger partial charge in [0.05, 0.1) is 0 Å². The third-order valence-electron chi connectivity index (χ3n) is 12.7. The Labute approximate surface area is 333 Å². The second-order valence-electron chi connectivity index (χ2n) is 18.0. The van der Waals surface area contributed by atoms with Crippen molar-refractivity contribution in [1.82, 2.24) is 0 Å². The molecule has 0 bridgehead atoms. The molecule has 0 radical (unpaired) electrons. The van der Waals surface area contributed by atoms with Crippen molar-refractivity contribution < 1.29 is 13.9 Å². The summed E-state index contributed by atoms with van der Waals surface area (Å²) in [5.41, 5.74) is 1.41.